The van der Waals surface area contributed by atoms with Crippen molar-refractivity contribution in [1.29, 1.82) is 0 Å². The molecule has 0 saturated carbocycles. The highest BCUT2D eigenvalue weighted by Crippen LogP contribution is 2.22. The minimum atomic E-state index is -0.886. The average molecular weight is 325 g/mol. The van der Waals surface area contributed by atoms with Gasteiger partial charge < -0.3 is 10.0 Å². The molecule has 0 bridgehead atoms. The van der Waals surface area contributed by atoms with E-state index in [-0.39, 0.29) is 30.1 Å². The van der Waals surface area contributed by atoms with Gasteiger partial charge in [0.25, 0.3) is 0 Å². The molecule has 1 aromatic rings. The molecule has 0 radical (unpaired) electrons. The van der Waals surface area contributed by atoms with E-state index < -0.39 is 5.97 Å². The van der Waals surface area contributed by atoms with Gasteiger partial charge >= 0.3 is 5.97 Å². The maximum absolute atomic E-state index is 13.2. The van der Waals surface area contributed by atoms with Crippen LogP contribution < -0.4 is 0 Å². The molecule has 1 aliphatic heterocycles. The van der Waals surface area contributed by atoms with Crippen LogP contribution in [0.3, 0.4) is 0 Å². The van der Waals surface area contributed by atoms with E-state index in [1.165, 1.54) is 12.1 Å². The van der Waals surface area contributed by atoms with Crippen molar-refractivity contribution in [2.75, 3.05) is 18.1 Å². The second-order valence-corrected chi connectivity index (χ2v) is 6.74. The smallest absolute Gasteiger partial charge is 0.305 e. The molecule has 1 aromatic carbocycles. The Bertz CT molecular complexity index is 552. The van der Waals surface area contributed by atoms with Gasteiger partial charge in [-0.3, -0.25) is 9.59 Å². The number of amides is 1. The number of carbonyl (C=O) groups is 2. The standard InChI is InChI=1S/C16H20FNO3S/c1-11(7-12-3-2-4-13(17)8-12)16(21)18-5-6-22-10-14(18)9-15(19)20/h2-4,8,11,14H,5-7,9-10H2,1H3,(H,19,20). The lowest BCUT2D eigenvalue weighted by Gasteiger charge is -2.36. The third-order valence-corrected chi connectivity index (χ3v) is 4.87. The zero-order valence-electron chi connectivity index (χ0n) is 12.5. The van der Waals surface area contributed by atoms with E-state index in [0.29, 0.717) is 18.7 Å². The Morgan fingerprint density at radius 3 is 2.95 bits per heavy atom. The van der Waals surface area contributed by atoms with Gasteiger partial charge in [-0.25, -0.2) is 4.39 Å². The summed E-state index contributed by atoms with van der Waals surface area (Å²) in [6.45, 7) is 2.39. The summed E-state index contributed by atoms with van der Waals surface area (Å²) >= 11 is 1.68. The van der Waals surface area contributed by atoms with Crippen LogP contribution in [0.4, 0.5) is 4.39 Å². The van der Waals surface area contributed by atoms with E-state index >= 15 is 0 Å². The third-order valence-electron chi connectivity index (χ3n) is 3.77. The summed E-state index contributed by atoms with van der Waals surface area (Å²) in [6.07, 6.45) is 0.436. The fraction of sp³-hybridized carbons (Fsp3) is 0.500. The molecule has 0 spiro atoms. The van der Waals surface area contributed by atoms with Crippen molar-refractivity contribution in [3.05, 3.63) is 35.6 Å². The van der Waals surface area contributed by atoms with Crippen molar-refractivity contribution < 1.29 is 19.1 Å². The highest BCUT2D eigenvalue weighted by atomic mass is 32.2. The molecule has 0 aromatic heterocycles. The van der Waals surface area contributed by atoms with E-state index in [4.69, 9.17) is 5.11 Å². The normalized spacial score (nSPS) is 19.7. The van der Waals surface area contributed by atoms with Gasteiger partial charge in [0.2, 0.25) is 5.91 Å². The number of benzene rings is 1. The zero-order chi connectivity index (χ0) is 16.1. The predicted octanol–water partition coefficient (Wildman–Crippen LogP) is 2.42. The number of aliphatic carboxylic acids is 1. The van der Waals surface area contributed by atoms with Crippen LogP contribution in [0.5, 0.6) is 0 Å². The number of hydrogen-bond acceptors (Lipinski definition) is 3. The molecule has 120 valence electrons. The summed E-state index contributed by atoms with van der Waals surface area (Å²) in [7, 11) is 0. The first-order valence-electron chi connectivity index (χ1n) is 7.32. The number of hydrogen-bond donors (Lipinski definition) is 1. The van der Waals surface area contributed by atoms with Gasteiger partial charge in [0.05, 0.1) is 12.5 Å². The largest absolute Gasteiger partial charge is 0.481 e. The molecule has 1 N–H and O–H groups in total. The molecule has 2 unspecified atom stereocenters. The fourth-order valence-corrected chi connectivity index (χ4v) is 3.77. The zero-order valence-corrected chi connectivity index (χ0v) is 13.3. The Labute approximate surface area is 133 Å². The van der Waals surface area contributed by atoms with E-state index in [9.17, 15) is 14.0 Å². The number of rotatable bonds is 5. The molecule has 2 rings (SSSR count). The minimum absolute atomic E-state index is 0.0224. The van der Waals surface area contributed by atoms with E-state index in [0.717, 1.165) is 11.3 Å². The van der Waals surface area contributed by atoms with Gasteiger partial charge in [-0.15, -0.1) is 0 Å². The SMILES string of the molecule is CC(Cc1cccc(F)c1)C(=O)N1CCSCC1CC(=O)O. The monoisotopic (exact) mass is 325 g/mol. The van der Waals surface area contributed by atoms with Gasteiger partial charge in [-0.05, 0) is 24.1 Å². The van der Waals surface area contributed by atoms with Crippen LogP contribution in [-0.2, 0) is 16.0 Å². The minimum Gasteiger partial charge on any atom is -0.481 e. The van der Waals surface area contributed by atoms with Crippen molar-refractivity contribution >= 4 is 23.6 Å². The molecule has 2 atom stereocenters. The Balaban J connectivity index is 2.02. The van der Waals surface area contributed by atoms with Crippen LogP contribution in [0.15, 0.2) is 24.3 Å². The molecule has 22 heavy (non-hydrogen) atoms. The third kappa shape index (κ3) is 4.47. The maximum atomic E-state index is 13.2. The first-order chi connectivity index (χ1) is 10.5. The molecule has 4 nitrogen and oxygen atoms in total. The first-order valence-corrected chi connectivity index (χ1v) is 8.47. The van der Waals surface area contributed by atoms with Crippen LogP contribution in [0, 0.1) is 11.7 Å². The number of carbonyl (C=O) groups excluding carboxylic acids is 1. The Morgan fingerprint density at radius 1 is 1.50 bits per heavy atom. The highest BCUT2D eigenvalue weighted by Gasteiger charge is 2.31. The molecule has 1 amide bonds. The number of carboxylic acid groups (broad SMARTS) is 1. The molecular formula is C16H20FNO3S. The number of nitrogens with zero attached hydrogens (tertiary/aromatic N) is 1. The summed E-state index contributed by atoms with van der Waals surface area (Å²) in [5.74, 6) is -0.0467. The topological polar surface area (TPSA) is 57.6 Å². The Hall–Kier alpha value is -1.56. The molecule has 1 heterocycles. The molecule has 1 aliphatic rings. The fourth-order valence-electron chi connectivity index (χ4n) is 2.70. The molecule has 6 heteroatoms. The van der Waals surface area contributed by atoms with Crippen molar-refractivity contribution in [3.8, 4) is 0 Å². The van der Waals surface area contributed by atoms with Crippen LogP contribution in [0.25, 0.3) is 0 Å². The molecule has 1 saturated heterocycles. The summed E-state index contributed by atoms with van der Waals surface area (Å²) in [4.78, 5) is 25.2. The Morgan fingerprint density at radius 2 is 2.27 bits per heavy atom. The van der Waals surface area contributed by atoms with Crippen LogP contribution in [0.1, 0.15) is 18.9 Å². The van der Waals surface area contributed by atoms with Gasteiger partial charge in [0, 0.05) is 24.0 Å². The van der Waals surface area contributed by atoms with Crippen molar-refractivity contribution in [3.63, 3.8) is 0 Å². The summed E-state index contributed by atoms with van der Waals surface area (Å²) in [6, 6.07) is 5.99. The van der Waals surface area contributed by atoms with Crippen LogP contribution in [0.2, 0.25) is 0 Å². The number of carboxylic acids is 1. The first kappa shape index (κ1) is 16.8. The van der Waals surface area contributed by atoms with Gasteiger partial charge in [0.15, 0.2) is 0 Å². The molecular weight excluding hydrogens is 305 g/mol. The van der Waals surface area contributed by atoms with Crippen molar-refractivity contribution in [2.45, 2.75) is 25.8 Å². The Kier molecular flexibility index (Phi) is 5.83. The van der Waals surface area contributed by atoms with Gasteiger partial charge in [0.1, 0.15) is 5.82 Å². The van der Waals surface area contributed by atoms with E-state index in [2.05, 4.69) is 0 Å². The maximum Gasteiger partial charge on any atom is 0.305 e. The summed E-state index contributed by atoms with van der Waals surface area (Å²) < 4.78 is 13.2. The number of halogens is 1. The molecule has 1 fully saturated rings. The summed E-state index contributed by atoms with van der Waals surface area (Å²) in [5, 5.41) is 8.98. The van der Waals surface area contributed by atoms with Gasteiger partial charge in [-0.2, -0.15) is 11.8 Å². The van der Waals surface area contributed by atoms with Gasteiger partial charge in [-0.1, -0.05) is 19.1 Å². The van der Waals surface area contributed by atoms with Crippen LogP contribution in [-0.4, -0.2) is 46.0 Å². The second kappa shape index (κ2) is 7.63. The average Bonchev–Trinajstić information content (AvgIpc) is 2.46. The van der Waals surface area contributed by atoms with Crippen molar-refractivity contribution in [2.24, 2.45) is 5.92 Å². The van der Waals surface area contributed by atoms with Crippen LogP contribution >= 0.6 is 11.8 Å². The number of thioether (sulfide) groups is 1. The lowest BCUT2D eigenvalue weighted by molar-refractivity contribution is -0.141. The second-order valence-electron chi connectivity index (χ2n) is 5.59. The van der Waals surface area contributed by atoms with E-state index in [1.807, 2.05) is 6.92 Å². The van der Waals surface area contributed by atoms with E-state index in [1.54, 1.807) is 28.8 Å². The lowest BCUT2D eigenvalue weighted by atomic mass is 9.98. The molecule has 0 aliphatic carbocycles. The quantitative estimate of drug-likeness (QED) is 0.903. The summed E-state index contributed by atoms with van der Waals surface area (Å²) in [5.41, 5.74) is 0.780. The lowest BCUT2D eigenvalue weighted by Crippen LogP contribution is -2.49. The van der Waals surface area contributed by atoms with Crippen molar-refractivity contribution in [1.82, 2.24) is 4.90 Å². The highest BCUT2D eigenvalue weighted by molar-refractivity contribution is 7.99. The predicted molar refractivity (Wildman–Crippen MR) is 84.3 cm³/mol.